The van der Waals surface area contributed by atoms with Crippen molar-refractivity contribution in [2.45, 2.75) is 19.0 Å². The van der Waals surface area contributed by atoms with Crippen LogP contribution in [0.4, 0.5) is 10.5 Å². The monoisotopic (exact) mass is 456 g/mol. The van der Waals surface area contributed by atoms with Gasteiger partial charge in [0.2, 0.25) is 0 Å². The third-order valence-electron chi connectivity index (χ3n) is 4.95. The Kier molecular flexibility index (Phi) is 7.52. The molecule has 0 N–H and O–H groups in total. The normalized spacial score (nSPS) is 19.3. The molecule has 0 radical (unpaired) electrons. The van der Waals surface area contributed by atoms with Gasteiger partial charge in [-0.3, -0.25) is 4.90 Å². The first-order valence-electron chi connectivity index (χ1n) is 9.35. The van der Waals surface area contributed by atoms with Gasteiger partial charge in [0.25, 0.3) is 0 Å². The molecule has 0 aromatic heterocycles. The van der Waals surface area contributed by atoms with Crippen LogP contribution < -0.4 is 4.90 Å². The Morgan fingerprint density at radius 2 is 1.76 bits per heavy atom. The van der Waals surface area contributed by atoms with Gasteiger partial charge in [-0.2, -0.15) is 0 Å². The van der Waals surface area contributed by atoms with Crippen LogP contribution in [0, 0.1) is 0 Å². The number of halogens is 3. The number of carbonyl (C=O) groups is 1. The minimum atomic E-state index is -0.352. The number of ether oxygens (including phenoxy) is 2. The third-order valence-corrected chi connectivity index (χ3v) is 5.74. The van der Waals surface area contributed by atoms with Crippen molar-refractivity contribution >= 4 is 46.6 Å². The first-order valence-corrected chi connectivity index (χ1v) is 10.5. The minimum Gasteiger partial charge on any atom is -0.450 e. The van der Waals surface area contributed by atoms with Crippen LogP contribution in [0.1, 0.15) is 18.5 Å². The van der Waals surface area contributed by atoms with E-state index in [0.29, 0.717) is 41.4 Å². The Bertz CT molecular complexity index is 848. The van der Waals surface area contributed by atoms with Crippen LogP contribution in [-0.4, -0.2) is 50.4 Å². The lowest BCUT2D eigenvalue weighted by atomic mass is 9.93. The van der Waals surface area contributed by atoms with Gasteiger partial charge in [-0.25, -0.2) is 4.79 Å². The number of hydrogen-bond acceptors (Lipinski definition) is 4. The molecule has 2 aromatic rings. The van der Waals surface area contributed by atoms with Gasteiger partial charge in [-0.15, -0.1) is 0 Å². The van der Waals surface area contributed by atoms with Crippen LogP contribution in [0.25, 0.3) is 0 Å². The molecular weight excluding hydrogens is 435 g/mol. The number of amides is 1. The topological polar surface area (TPSA) is 42.0 Å². The summed E-state index contributed by atoms with van der Waals surface area (Å²) in [5.41, 5.74) is 1.84. The summed E-state index contributed by atoms with van der Waals surface area (Å²) in [6.07, 6.45) is -0.352. The van der Waals surface area contributed by atoms with Gasteiger partial charge in [0.1, 0.15) is 0 Å². The molecule has 2 aromatic carbocycles. The molecule has 1 fully saturated rings. The third kappa shape index (κ3) is 4.92. The Balaban J connectivity index is 2.07. The standard InChI is InChI=1S/C21H23Cl3N2O3/c1-3-29-21(27)26-11-10-25(18-9-8-16(23)12-17(18)24)20(19(26)13-28-2)14-4-6-15(22)7-5-14/h4-9,12,19-20H,3,10-11,13H2,1-2H3. The highest BCUT2D eigenvalue weighted by Crippen LogP contribution is 2.39. The summed E-state index contributed by atoms with van der Waals surface area (Å²) in [7, 11) is 1.62. The van der Waals surface area contributed by atoms with Crippen LogP contribution in [0.2, 0.25) is 15.1 Å². The highest BCUT2D eigenvalue weighted by atomic mass is 35.5. The molecule has 0 spiro atoms. The Morgan fingerprint density at radius 1 is 1.07 bits per heavy atom. The quantitative estimate of drug-likeness (QED) is 0.579. The molecule has 5 nitrogen and oxygen atoms in total. The predicted molar refractivity (Wildman–Crippen MR) is 117 cm³/mol. The summed E-state index contributed by atoms with van der Waals surface area (Å²) in [4.78, 5) is 16.5. The van der Waals surface area contributed by atoms with Crippen molar-refractivity contribution in [1.29, 1.82) is 0 Å². The molecule has 1 heterocycles. The molecule has 1 amide bonds. The molecular formula is C21H23Cl3N2O3. The highest BCUT2D eigenvalue weighted by molar-refractivity contribution is 6.36. The van der Waals surface area contributed by atoms with E-state index in [1.165, 1.54) is 0 Å². The fourth-order valence-corrected chi connectivity index (χ4v) is 4.37. The maximum atomic E-state index is 12.6. The second kappa shape index (κ2) is 9.90. The fourth-order valence-electron chi connectivity index (χ4n) is 3.73. The van der Waals surface area contributed by atoms with Crippen LogP contribution >= 0.6 is 34.8 Å². The largest absolute Gasteiger partial charge is 0.450 e. The first kappa shape index (κ1) is 22.0. The minimum absolute atomic E-state index is 0.205. The number of anilines is 1. The lowest BCUT2D eigenvalue weighted by molar-refractivity contribution is 0.0403. The van der Waals surface area contributed by atoms with Gasteiger partial charge in [0.15, 0.2) is 0 Å². The fraction of sp³-hybridized carbons (Fsp3) is 0.381. The number of piperazine rings is 1. The van der Waals surface area contributed by atoms with E-state index in [1.807, 2.05) is 36.4 Å². The van der Waals surface area contributed by atoms with Crippen molar-refractivity contribution < 1.29 is 14.3 Å². The lowest BCUT2D eigenvalue weighted by Crippen LogP contribution is -2.58. The van der Waals surface area contributed by atoms with Crippen molar-refractivity contribution in [2.75, 3.05) is 38.3 Å². The number of benzene rings is 2. The molecule has 2 unspecified atom stereocenters. The summed E-state index contributed by atoms with van der Waals surface area (Å²) >= 11 is 18.7. The van der Waals surface area contributed by atoms with Gasteiger partial charge in [0, 0.05) is 30.2 Å². The van der Waals surface area contributed by atoms with Crippen molar-refractivity contribution in [1.82, 2.24) is 4.90 Å². The van der Waals surface area contributed by atoms with Crippen molar-refractivity contribution in [3.8, 4) is 0 Å². The lowest BCUT2D eigenvalue weighted by Gasteiger charge is -2.48. The number of methoxy groups -OCH3 is 1. The maximum Gasteiger partial charge on any atom is 0.410 e. The Morgan fingerprint density at radius 3 is 2.38 bits per heavy atom. The number of hydrogen-bond donors (Lipinski definition) is 0. The SMILES string of the molecule is CCOC(=O)N1CCN(c2ccc(Cl)cc2Cl)C(c2ccc(Cl)cc2)C1COC. The average molecular weight is 458 g/mol. The Labute approximate surface area is 186 Å². The zero-order valence-corrected chi connectivity index (χ0v) is 18.5. The first-order chi connectivity index (χ1) is 14.0. The van der Waals surface area contributed by atoms with Crippen LogP contribution in [0.5, 0.6) is 0 Å². The van der Waals surface area contributed by atoms with Gasteiger partial charge in [-0.05, 0) is 42.8 Å². The molecule has 156 valence electrons. The predicted octanol–water partition coefficient (Wildman–Crippen LogP) is 5.68. The second-order valence-corrected chi connectivity index (χ2v) is 7.98. The molecule has 8 heteroatoms. The Hall–Kier alpha value is -1.66. The zero-order valence-electron chi connectivity index (χ0n) is 16.3. The number of nitrogens with zero attached hydrogens (tertiary/aromatic N) is 2. The molecule has 1 saturated heterocycles. The van der Waals surface area contributed by atoms with Crippen molar-refractivity contribution in [3.63, 3.8) is 0 Å². The molecule has 0 bridgehead atoms. The van der Waals surface area contributed by atoms with Gasteiger partial charge >= 0.3 is 6.09 Å². The molecule has 1 aliphatic heterocycles. The van der Waals surface area contributed by atoms with E-state index in [-0.39, 0.29) is 18.2 Å². The average Bonchev–Trinajstić information content (AvgIpc) is 2.69. The molecule has 0 saturated carbocycles. The molecule has 2 atom stereocenters. The number of carbonyl (C=O) groups excluding carboxylic acids is 1. The van der Waals surface area contributed by atoms with Crippen molar-refractivity contribution in [3.05, 3.63) is 63.1 Å². The van der Waals surface area contributed by atoms with E-state index >= 15 is 0 Å². The molecule has 1 aliphatic rings. The smallest absolute Gasteiger partial charge is 0.410 e. The van der Waals surface area contributed by atoms with Gasteiger partial charge in [-0.1, -0.05) is 46.9 Å². The summed E-state index contributed by atoms with van der Waals surface area (Å²) in [5, 5.41) is 1.77. The summed E-state index contributed by atoms with van der Waals surface area (Å²) in [6, 6.07) is 12.5. The van der Waals surface area contributed by atoms with E-state index < -0.39 is 0 Å². The summed E-state index contributed by atoms with van der Waals surface area (Å²) in [5.74, 6) is 0. The van der Waals surface area contributed by atoms with Crippen LogP contribution in [-0.2, 0) is 9.47 Å². The summed E-state index contributed by atoms with van der Waals surface area (Å²) in [6.45, 7) is 3.51. The van der Waals surface area contributed by atoms with Gasteiger partial charge < -0.3 is 14.4 Å². The van der Waals surface area contributed by atoms with E-state index in [9.17, 15) is 4.79 Å². The second-order valence-electron chi connectivity index (χ2n) is 6.70. The summed E-state index contributed by atoms with van der Waals surface area (Å²) < 4.78 is 10.8. The zero-order chi connectivity index (χ0) is 21.0. The van der Waals surface area contributed by atoms with E-state index in [2.05, 4.69) is 4.90 Å². The van der Waals surface area contributed by atoms with E-state index in [1.54, 1.807) is 25.0 Å². The molecule has 29 heavy (non-hydrogen) atoms. The van der Waals surface area contributed by atoms with Crippen LogP contribution in [0.15, 0.2) is 42.5 Å². The highest BCUT2D eigenvalue weighted by Gasteiger charge is 2.41. The van der Waals surface area contributed by atoms with Crippen molar-refractivity contribution in [2.24, 2.45) is 0 Å². The van der Waals surface area contributed by atoms with E-state index in [4.69, 9.17) is 44.3 Å². The van der Waals surface area contributed by atoms with Crippen LogP contribution in [0.3, 0.4) is 0 Å². The maximum absolute atomic E-state index is 12.6. The number of rotatable bonds is 5. The molecule has 0 aliphatic carbocycles. The van der Waals surface area contributed by atoms with Gasteiger partial charge in [0.05, 0.1) is 36.0 Å². The molecule has 3 rings (SSSR count). The van der Waals surface area contributed by atoms with E-state index in [0.717, 1.165) is 11.3 Å².